The first-order valence-corrected chi connectivity index (χ1v) is 22.6. The van der Waals surface area contributed by atoms with Gasteiger partial charge >= 0.3 is 13.1 Å². The summed E-state index contributed by atoms with van der Waals surface area (Å²) in [5, 5.41) is 55.4. The van der Waals surface area contributed by atoms with Crippen molar-refractivity contribution in [3.63, 3.8) is 0 Å². The molecule has 17 heteroatoms. The SMILES string of the molecule is CCCC(=O)c1nnc(-c2cc(C(C)C)c(O)cc2O)n1-c1ccc(CN2CCC(C(=O)O[C@H](C)[C@H](NC(=O)c3cccc(-c4ccccc4)n3)C(=O)N[C@@H](CC(C)C)B(O)O)CC2)cc1. The van der Waals surface area contributed by atoms with Crippen LogP contribution in [0.1, 0.15) is 112 Å². The van der Waals surface area contributed by atoms with Crippen LogP contribution < -0.4 is 10.6 Å². The molecule has 0 radical (unpaired) electrons. The van der Waals surface area contributed by atoms with Gasteiger partial charge in [-0.1, -0.05) is 83.1 Å². The van der Waals surface area contributed by atoms with Crippen LogP contribution >= 0.6 is 0 Å². The zero-order valence-electron chi connectivity index (χ0n) is 38.3. The van der Waals surface area contributed by atoms with E-state index in [1.165, 1.54) is 19.1 Å². The number of hydrogen-bond donors (Lipinski definition) is 6. The first-order chi connectivity index (χ1) is 31.5. The molecule has 2 amide bonds. The molecule has 3 heterocycles. The van der Waals surface area contributed by atoms with E-state index >= 15 is 0 Å². The van der Waals surface area contributed by atoms with Crippen molar-refractivity contribution in [1.82, 2.24) is 35.3 Å². The summed E-state index contributed by atoms with van der Waals surface area (Å²) in [4.78, 5) is 61.1. The second-order valence-corrected chi connectivity index (χ2v) is 17.7. The highest BCUT2D eigenvalue weighted by molar-refractivity contribution is 6.43. The zero-order valence-corrected chi connectivity index (χ0v) is 38.3. The molecule has 16 nitrogen and oxygen atoms in total. The molecule has 0 spiro atoms. The lowest BCUT2D eigenvalue weighted by Crippen LogP contribution is -2.58. The van der Waals surface area contributed by atoms with Crippen molar-refractivity contribution in [2.75, 3.05) is 13.1 Å². The van der Waals surface area contributed by atoms with Crippen molar-refractivity contribution >= 4 is 30.7 Å². The molecule has 348 valence electrons. The van der Waals surface area contributed by atoms with Crippen molar-refractivity contribution < 1.29 is 44.2 Å². The molecule has 5 aromatic rings. The number of piperidine rings is 1. The van der Waals surface area contributed by atoms with Gasteiger partial charge in [0.05, 0.1) is 23.1 Å². The van der Waals surface area contributed by atoms with E-state index in [1.54, 1.807) is 22.8 Å². The number of amides is 2. The van der Waals surface area contributed by atoms with Crippen LogP contribution in [0.15, 0.2) is 84.9 Å². The number of aromatic nitrogens is 4. The third-order valence-corrected chi connectivity index (χ3v) is 11.7. The molecule has 1 fully saturated rings. The molecule has 66 heavy (non-hydrogen) atoms. The van der Waals surface area contributed by atoms with E-state index in [-0.39, 0.29) is 59.3 Å². The maximum absolute atomic E-state index is 13.8. The molecule has 1 saturated heterocycles. The number of esters is 1. The standard InChI is InChI=1S/C49H60BN7O9/c1-7-12-40(58)46-55-54-45(37-26-36(30(4)5)41(59)27-42(37)60)57(46)35-19-17-32(18-20-35)28-56-23-21-34(22-24-56)49(63)66-31(6)44(48(62)52-43(50(64)65)25-29(2)3)53-47(61)39-16-11-15-38(51-39)33-13-9-8-10-14-33/h8-11,13-20,26-27,29-31,34,43-44,59-60,64-65H,7,12,21-25,28H2,1-6H3,(H,52,62)(H,53,61)/t31-,43+,44+/m1/s1. The summed E-state index contributed by atoms with van der Waals surface area (Å²) in [5.41, 5.74) is 3.94. The number of carbonyl (C=O) groups is 4. The maximum atomic E-state index is 13.8. The number of hydrogen-bond acceptors (Lipinski definition) is 13. The Kier molecular flexibility index (Phi) is 16.5. The summed E-state index contributed by atoms with van der Waals surface area (Å²) in [6, 6.07) is 23.5. The summed E-state index contributed by atoms with van der Waals surface area (Å²) in [6.07, 6.45) is 0.961. The number of carbonyl (C=O) groups excluding carboxylic acids is 4. The van der Waals surface area contributed by atoms with Crippen LogP contribution in [-0.4, -0.2) is 107 Å². The Labute approximate surface area is 385 Å². The Balaban J connectivity index is 1.12. The minimum absolute atomic E-state index is 0.00574. The normalized spacial score (nSPS) is 14.7. The van der Waals surface area contributed by atoms with Gasteiger partial charge in [0.15, 0.2) is 5.82 Å². The van der Waals surface area contributed by atoms with Crippen LogP contribution in [-0.2, 0) is 20.9 Å². The lowest BCUT2D eigenvalue weighted by atomic mass is 9.75. The fourth-order valence-electron chi connectivity index (χ4n) is 8.12. The second kappa shape index (κ2) is 22.2. The van der Waals surface area contributed by atoms with Gasteiger partial charge in [-0.05, 0) is 99.0 Å². The van der Waals surface area contributed by atoms with Gasteiger partial charge < -0.3 is 35.6 Å². The Bertz CT molecular complexity index is 2470. The van der Waals surface area contributed by atoms with Crippen LogP contribution in [0.2, 0.25) is 0 Å². The maximum Gasteiger partial charge on any atom is 0.475 e. The molecular formula is C49H60BN7O9. The monoisotopic (exact) mass is 901 g/mol. The van der Waals surface area contributed by atoms with E-state index in [0.717, 1.165) is 11.1 Å². The summed E-state index contributed by atoms with van der Waals surface area (Å²) in [7, 11) is -1.86. The van der Waals surface area contributed by atoms with Gasteiger partial charge in [0, 0.05) is 30.3 Å². The number of nitrogens with zero attached hydrogens (tertiary/aromatic N) is 5. The highest BCUT2D eigenvalue weighted by atomic mass is 16.5. The van der Waals surface area contributed by atoms with Gasteiger partial charge in [-0.25, -0.2) is 4.98 Å². The lowest BCUT2D eigenvalue weighted by Gasteiger charge is -2.32. The number of pyridine rings is 1. The number of aromatic hydroxyl groups is 2. The fourth-order valence-corrected chi connectivity index (χ4v) is 8.12. The number of ether oxygens (including phenoxy) is 1. The fraction of sp³-hybridized carbons (Fsp3) is 0.408. The summed E-state index contributed by atoms with van der Waals surface area (Å²) < 4.78 is 7.53. The number of ketones is 1. The topological polar surface area (TPSA) is 229 Å². The Morgan fingerprint density at radius 3 is 2.18 bits per heavy atom. The van der Waals surface area contributed by atoms with Crippen molar-refractivity contribution in [2.24, 2.45) is 11.8 Å². The Hall–Kier alpha value is -6.43. The number of benzene rings is 3. The molecule has 0 unspecified atom stereocenters. The van der Waals surface area contributed by atoms with E-state index in [1.807, 2.05) is 89.2 Å². The van der Waals surface area contributed by atoms with Gasteiger partial charge in [0.1, 0.15) is 29.3 Å². The predicted molar refractivity (Wildman–Crippen MR) is 250 cm³/mol. The molecule has 0 bridgehead atoms. The molecule has 0 saturated carbocycles. The van der Waals surface area contributed by atoms with Crippen LogP contribution in [0.25, 0.3) is 28.3 Å². The van der Waals surface area contributed by atoms with E-state index in [9.17, 15) is 39.4 Å². The van der Waals surface area contributed by atoms with Gasteiger partial charge in [0.2, 0.25) is 17.5 Å². The van der Waals surface area contributed by atoms with E-state index < -0.39 is 48.9 Å². The summed E-state index contributed by atoms with van der Waals surface area (Å²) in [6.45, 7) is 12.8. The van der Waals surface area contributed by atoms with E-state index in [4.69, 9.17) is 4.74 Å². The smallest absolute Gasteiger partial charge is 0.475 e. The lowest BCUT2D eigenvalue weighted by molar-refractivity contribution is -0.157. The molecule has 6 N–H and O–H groups in total. The van der Waals surface area contributed by atoms with Crippen molar-refractivity contribution in [3.05, 3.63) is 108 Å². The quantitative estimate of drug-likeness (QED) is 0.0318. The number of rotatable bonds is 19. The van der Waals surface area contributed by atoms with Crippen LogP contribution in [0, 0.1) is 11.8 Å². The molecule has 6 rings (SSSR count). The van der Waals surface area contributed by atoms with E-state index in [2.05, 4.69) is 30.7 Å². The predicted octanol–water partition coefficient (Wildman–Crippen LogP) is 6.00. The first-order valence-electron chi connectivity index (χ1n) is 22.6. The number of phenolic OH excluding ortho intramolecular Hbond substituents is 2. The molecule has 3 aromatic carbocycles. The number of phenols is 2. The number of Topliss-reactive ketones (excluding diaryl/α,β-unsaturated/α-hetero) is 1. The minimum atomic E-state index is -1.86. The number of nitrogens with one attached hydrogen (secondary N) is 2. The van der Waals surface area contributed by atoms with Crippen molar-refractivity contribution in [1.29, 1.82) is 0 Å². The molecule has 2 aromatic heterocycles. The van der Waals surface area contributed by atoms with Gasteiger partial charge in [-0.3, -0.25) is 28.6 Å². The van der Waals surface area contributed by atoms with Crippen LogP contribution in [0.4, 0.5) is 0 Å². The molecule has 1 aliphatic rings. The third kappa shape index (κ3) is 12.1. The van der Waals surface area contributed by atoms with E-state index in [0.29, 0.717) is 61.4 Å². The second-order valence-electron chi connectivity index (χ2n) is 17.7. The van der Waals surface area contributed by atoms with Crippen molar-refractivity contribution in [2.45, 2.75) is 104 Å². The Morgan fingerprint density at radius 1 is 0.848 bits per heavy atom. The largest absolute Gasteiger partial charge is 0.508 e. The van der Waals surface area contributed by atoms with Crippen molar-refractivity contribution in [3.8, 4) is 39.8 Å². The molecule has 1 aliphatic heterocycles. The highest BCUT2D eigenvalue weighted by Gasteiger charge is 2.36. The van der Waals surface area contributed by atoms with Gasteiger partial charge in [-0.2, -0.15) is 0 Å². The average Bonchev–Trinajstić information content (AvgIpc) is 3.73. The highest BCUT2D eigenvalue weighted by Crippen LogP contribution is 2.38. The minimum Gasteiger partial charge on any atom is -0.508 e. The zero-order chi connectivity index (χ0) is 47.7. The van der Waals surface area contributed by atoms with Gasteiger partial charge in [-0.15, -0.1) is 10.2 Å². The molecule has 3 atom stereocenters. The van der Waals surface area contributed by atoms with Crippen LogP contribution in [0.3, 0.4) is 0 Å². The Morgan fingerprint density at radius 2 is 1.55 bits per heavy atom. The summed E-state index contributed by atoms with van der Waals surface area (Å²) in [5.74, 6) is -3.49. The van der Waals surface area contributed by atoms with Crippen LogP contribution in [0.5, 0.6) is 11.5 Å². The third-order valence-electron chi connectivity index (χ3n) is 11.7. The average molecular weight is 902 g/mol. The van der Waals surface area contributed by atoms with Gasteiger partial charge in [0.25, 0.3) is 5.91 Å². The summed E-state index contributed by atoms with van der Waals surface area (Å²) >= 11 is 0. The number of likely N-dealkylation sites (tertiary alicyclic amines) is 1. The first kappa shape index (κ1) is 49.0. The molecule has 0 aliphatic carbocycles. The molecular weight excluding hydrogens is 841 g/mol.